The second kappa shape index (κ2) is 8.88. The van der Waals surface area contributed by atoms with Crippen molar-refractivity contribution < 1.29 is 14.2 Å². The van der Waals surface area contributed by atoms with E-state index in [9.17, 15) is 0 Å². The van der Waals surface area contributed by atoms with Crippen molar-refractivity contribution in [1.29, 1.82) is 0 Å². The zero-order valence-corrected chi connectivity index (χ0v) is 11.0. The second-order valence-electron chi connectivity index (χ2n) is 3.86. The number of hydrogen-bond acceptors (Lipinski definition) is 5. The predicted octanol–water partition coefficient (Wildman–Crippen LogP) is 1.25. The number of nitrogens with one attached hydrogen (secondary N) is 1. The van der Waals surface area contributed by atoms with E-state index < -0.39 is 0 Å². The van der Waals surface area contributed by atoms with Gasteiger partial charge in [-0.2, -0.15) is 0 Å². The average Bonchev–Trinajstić information content (AvgIpc) is 2.43. The summed E-state index contributed by atoms with van der Waals surface area (Å²) in [6.45, 7) is 1.82. The monoisotopic (exact) mass is 254 g/mol. The van der Waals surface area contributed by atoms with Crippen LogP contribution < -0.4 is 16.0 Å². The predicted molar refractivity (Wildman–Crippen MR) is 70.4 cm³/mol. The van der Waals surface area contributed by atoms with Gasteiger partial charge in [0.05, 0.1) is 26.4 Å². The van der Waals surface area contributed by atoms with Crippen molar-refractivity contribution in [1.82, 2.24) is 5.43 Å². The number of benzene rings is 1. The molecule has 102 valence electrons. The highest BCUT2D eigenvalue weighted by atomic mass is 16.5. The summed E-state index contributed by atoms with van der Waals surface area (Å²) in [4.78, 5) is 0. The number of para-hydroxylation sites is 1. The van der Waals surface area contributed by atoms with E-state index in [0.29, 0.717) is 19.8 Å². The van der Waals surface area contributed by atoms with Crippen LogP contribution in [0.5, 0.6) is 5.75 Å². The molecule has 0 spiro atoms. The quantitative estimate of drug-likeness (QED) is 0.394. The molecule has 1 aromatic rings. The molecule has 0 bridgehead atoms. The zero-order valence-electron chi connectivity index (χ0n) is 11.0. The topological polar surface area (TPSA) is 65.7 Å². The molecule has 1 aromatic carbocycles. The Labute approximate surface area is 108 Å². The molecule has 1 atom stereocenters. The van der Waals surface area contributed by atoms with Gasteiger partial charge >= 0.3 is 0 Å². The van der Waals surface area contributed by atoms with Gasteiger partial charge in [0.2, 0.25) is 0 Å². The SMILES string of the molecule is COCCOCCC(NN)c1ccccc1OC. The van der Waals surface area contributed by atoms with Crippen LogP contribution >= 0.6 is 0 Å². The van der Waals surface area contributed by atoms with Gasteiger partial charge in [-0.25, -0.2) is 0 Å². The third-order valence-corrected chi connectivity index (χ3v) is 2.70. The maximum atomic E-state index is 5.58. The molecule has 0 aromatic heterocycles. The molecule has 0 aliphatic heterocycles. The van der Waals surface area contributed by atoms with Crippen LogP contribution in [-0.4, -0.2) is 34.0 Å². The molecule has 0 amide bonds. The molecule has 0 aliphatic carbocycles. The molecule has 3 N–H and O–H groups in total. The first-order valence-electron chi connectivity index (χ1n) is 5.99. The summed E-state index contributed by atoms with van der Waals surface area (Å²) in [7, 11) is 3.31. The first-order valence-corrected chi connectivity index (χ1v) is 5.99. The summed E-state index contributed by atoms with van der Waals surface area (Å²) in [5.74, 6) is 6.41. The van der Waals surface area contributed by atoms with Crippen LogP contribution in [0, 0.1) is 0 Å². The Bertz CT molecular complexity index is 334. The smallest absolute Gasteiger partial charge is 0.123 e. The maximum Gasteiger partial charge on any atom is 0.123 e. The number of hydrogen-bond donors (Lipinski definition) is 2. The number of rotatable bonds is 9. The molecule has 1 rings (SSSR count). The third kappa shape index (κ3) is 4.62. The van der Waals surface area contributed by atoms with E-state index in [1.807, 2.05) is 24.3 Å². The van der Waals surface area contributed by atoms with Gasteiger partial charge in [-0.15, -0.1) is 0 Å². The van der Waals surface area contributed by atoms with Crippen molar-refractivity contribution in [3.05, 3.63) is 29.8 Å². The van der Waals surface area contributed by atoms with Crippen LogP contribution in [0.1, 0.15) is 18.0 Å². The van der Waals surface area contributed by atoms with E-state index in [2.05, 4.69) is 5.43 Å². The minimum Gasteiger partial charge on any atom is -0.496 e. The van der Waals surface area contributed by atoms with Crippen molar-refractivity contribution in [3.8, 4) is 5.75 Å². The Morgan fingerprint density at radius 3 is 2.61 bits per heavy atom. The summed E-state index contributed by atoms with van der Waals surface area (Å²) in [5.41, 5.74) is 3.83. The van der Waals surface area contributed by atoms with Gasteiger partial charge in [-0.3, -0.25) is 11.3 Å². The van der Waals surface area contributed by atoms with Crippen molar-refractivity contribution in [3.63, 3.8) is 0 Å². The number of hydrazine groups is 1. The molecule has 1 unspecified atom stereocenters. The molecular formula is C13H22N2O3. The average molecular weight is 254 g/mol. The third-order valence-electron chi connectivity index (χ3n) is 2.70. The Morgan fingerprint density at radius 1 is 1.17 bits per heavy atom. The summed E-state index contributed by atoms with van der Waals surface area (Å²) in [6.07, 6.45) is 0.778. The molecule has 18 heavy (non-hydrogen) atoms. The van der Waals surface area contributed by atoms with E-state index in [0.717, 1.165) is 17.7 Å². The highest BCUT2D eigenvalue weighted by Crippen LogP contribution is 2.26. The van der Waals surface area contributed by atoms with Crippen LogP contribution in [0.2, 0.25) is 0 Å². The standard InChI is InChI=1S/C13H22N2O3/c1-16-9-10-18-8-7-12(15-14)11-5-3-4-6-13(11)17-2/h3-6,12,15H,7-10,14H2,1-2H3. The first-order chi connectivity index (χ1) is 8.83. The highest BCUT2D eigenvalue weighted by molar-refractivity contribution is 5.35. The van der Waals surface area contributed by atoms with Gasteiger partial charge in [0.25, 0.3) is 0 Å². The van der Waals surface area contributed by atoms with E-state index in [-0.39, 0.29) is 6.04 Å². The molecule has 0 aliphatic rings. The molecule has 5 heteroatoms. The number of ether oxygens (including phenoxy) is 3. The molecule has 0 saturated heterocycles. The molecular weight excluding hydrogens is 232 g/mol. The fourth-order valence-electron chi connectivity index (χ4n) is 1.73. The van der Waals surface area contributed by atoms with E-state index in [1.165, 1.54) is 0 Å². The molecule has 5 nitrogen and oxygen atoms in total. The Kier molecular flexibility index (Phi) is 7.36. The lowest BCUT2D eigenvalue weighted by Gasteiger charge is -2.18. The molecule has 0 heterocycles. The summed E-state index contributed by atoms with van der Waals surface area (Å²) < 4.78 is 15.7. The van der Waals surface area contributed by atoms with Crippen LogP contribution in [0.3, 0.4) is 0 Å². The lowest BCUT2D eigenvalue weighted by atomic mass is 10.0. The normalized spacial score (nSPS) is 12.4. The van der Waals surface area contributed by atoms with Crippen LogP contribution in [0.4, 0.5) is 0 Å². The minimum absolute atomic E-state index is 0.0173. The lowest BCUT2D eigenvalue weighted by Crippen LogP contribution is -2.29. The van der Waals surface area contributed by atoms with Gasteiger partial charge in [0, 0.05) is 19.3 Å². The van der Waals surface area contributed by atoms with E-state index in [4.69, 9.17) is 20.1 Å². The first kappa shape index (κ1) is 14.9. The van der Waals surface area contributed by atoms with Gasteiger partial charge in [-0.05, 0) is 12.5 Å². The number of methoxy groups -OCH3 is 2. The Balaban J connectivity index is 2.49. The summed E-state index contributed by atoms with van der Waals surface area (Å²) >= 11 is 0. The van der Waals surface area contributed by atoms with Crippen LogP contribution in [0.15, 0.2) is 24.3 Å². The second-order valence-corrected chi connectivity index (χ2v) is 3.86. The van der Waals surface area contributed by atoms with Gasteiger partial charge in [-0.1, -0.05) is 18.2 Å². The Hall–Kier alpha value is -1.14. The van der Waals surface area contributed by atoms with Crippen molar-refractivity contribution >= 4 is 0 Å². The van der Waals surface area contributed by atoms with Crippen molar-refractivity contribution in [2.24, 2.45) is 5.84 Å². The lowest BCUT2D eigenvalue weighted by molar-refractivity contribution is 0.0657. The van der Waals surface area contributed by atoms with Crippen molar-refractivity contribution in [2.75, 3.05) is 34.0 Å². The maximum absolute atomic E-state index is 5.58. The van der Waals surface area contributed by atoms with Crippen LogP contribution in [0.25, 0.3) is 0 Å². The number of nitrogens with two attached hydrogens (primary N) is 1. The van der Waals surface area contributed by atoms with Gasteiger partial charge in [0.1, 0.15) is 5.75 Å². The fourth-order valence-corrected chi connectivity index (χ4v) is 1.73. The van der Waals surface area contributed by atoms with Gasteiger partial charge in [0.15, 0.2) is 0 Å². The molecule has 0 radical (unpaired) electrons. The van der Waals surface area contributed by atoms with E-state index in [1.54, 1.807) is 14.2 Å². The minimum atomic E-state index is 0.0173. The van der Waals surface area contributed by atoms with E-state index >= 15 is 0 Å². The fraction of sp³-hybridized carbons (Fsp3) is 0.538. The Morgan fingerprint density at radius 2 is 1.94 bits per heavy atom. The highest BCUT2D eigenvalue weighted by Gasteiger charge is 2.13. The molecule has 0 saturated carbocycles. The zero-order chi connectivity index (χ0) is 13.2. The largest absolute Gasteiger partial charge is 0.496 e. The summed E-state index contributed by atoms with van der Waals surface area (Å²) in [5, 5.41) is 0. The van der Waals surface area contributed by atoms with Gasteiger partial charge < -0.3 is 14.2 Å². The summed E-state index contributed by atoms with van der Waals surface area (Å²) in [6, 6.07) is 7.84. The van der Waals surface area contributed by atoms with Crippen molar-refractivity contribution in [2.45, 2.75) is 12.5 Å². The van der Waals surface area contributed by atoms with Crippen LogP contribution in [-0.2, 0) is 9.47 Å². The molecule has 0 fully saturated rings.